The SMILES string of the molecule is NC(=O)c1cc(N(O)O)cc(N(O)O)c1. The molecule has 0 spiro atoms. The Balaban J connectivity index is 3.26. The van der Waals surface area contributed by atoms with Crippen LogP contribution in [0.4, 0.5) is 11.4 Å². The highest BCUT2D eigenvalue weighted by molar-refractivity contribution is 5.94. The molecule has 0 bridgehead atoms. The molecule has 1 amide bonds. The van der Waals surface area contributed by atoms with Crippen LogP contribution in [-0.4, -0.2) is 26.7 Å². The topological polar surface area (TPSA) is 130 Å². The fraction of sp³-hybridized carbons (Fsp3) is 0. The lowest BCUT2D eigenvalue weighted by Crippen LogP contribution is -2.18. The van der Waals surface area contributed by atoms with Gasteiger partial charge in [-0.05, 0) is 18.2 Å². The second-order valence-electron chi connectivity index (χ2n) is 2.68. The molecule has 0 radical (unpaired) electrons. The molecule has 0 atom stereocenters. The highest BCUT2D eigenvalue weighted by Crippen LogP contribution is 2.22. The third-order valence-corrected chi connectivity index (χ3v) is 1.65. The van der Waals surface area contributed by atoms with Gasteiger partial charge in [0.05, 0.1) is 11.4 Å². The Bertz CT molecular complexity index is 353. The molecular weight excluding hydrogens is 206 g/mol. The van der Waals surface area contributed by atoms with E-state index in [4.69, 9.17) is 26.6 Å². The van der Waals surface area contributed by atoms with Crippen LogP contribution in [-0.2, 0) is 0 Å². The number of primary amides is 1. The molecule has 1 aromatic carbocycles. The summed E-state index contributed by atoms with van der Waals surface area (Å²) in [4.78, 5) is 10.8. The van der Waals surface area contributed by atoms with Crippen LogP contribution in [0.15, 0.2) is 18.2 Å². The number of carbonyl (C=O) groups excluding carboxylic acids is 1. The van der Waals surface area contributed by atoms with Crippen LogP contribution in [0.25, 0.3) is 0 Å². The lowest BCUT2D eigenvalue weighted by molar-refractivity contribution is 0.0260. The minimum Gasteiger partial charge on any atom is -0.366 e. The van der Waals surface area contributed by atoms with E-state index in [9.17, 15) is 4.79 Å². The fourth-order valence-electron chi connectivity index (χ4n) is 0.968. The Kier molecular flexibility index (Phi) is 3.07. The van der Waals surface area contributed by atoms with E-state index in [0.29, 0.717) is 0 Å². The summed E-state index contributed by atoms with van der Waals surface area (Å²) in [7, 11) is 0. The van der Waals surface area contributed by atoms with Gasteiger partial charge in [-0.3, -0.25) is 25.6 Å². The zero-order valence-electron chi connectivity index (χ0n) is 7.40. The van der Waals surface area contributed by atoms with Crippen LogP contribution in [0.5, 0.6) is 0 Å². The molecule has 0 aliphatic carbocycles. The molecule has 0 aliphatic rings. The van der Waals surface area contributed by atoms with Crippen molar-refractivity contribution in [1.82, 2.24) is 0 Å². The number of hydrogen-bond donors (Lipinski definition) is 5. The van der Waals surface area contributed by atoms with E-state index in [1.165, 1.54) is 0 Å². The summed E-state index contributed by atoms with van der Waals surface area (Å²) in [6.07, 6.45) is 0. The van der Waals surface area contributed by atoms with E-state index in [0.717, 1.165) is 18.2 Å². The molecule has 0 saturated heterocycles. The first-order valence-electron chi connectivity index (χ1n) is 3.72. The lowest BCUT2D eigenvalue weighted by atomic mass is 10.1. The molecule has 0 saturated carbocycles. The number of amides is 1. The predicted molar refractivity (Wildman–Crippen MR) is 47.1 cm³/mol. The average Bonchev–Trinajstić information content (AvgIpc) is 2.16. The summed E-state index contributed by atoms with van der Waals surface area (Å²) >= 11 is 0. The monoisotopic (exact) mass is 215 g/mol. The quantitative estimate of drug-likeness (QED) is 0.447. The predicted octanol–water partition coefficient (Wildman–Crippen LogP) is -0.0449. The van der Waals surface area contributed by atoms with Gasteiger partial charge in [0.15, 0.2) is 0 Å². The normalized spacial score (nSPS) is 9.87. The van der Waals surface area contributed by atoms with Crippen molar-refractivity contribution in [3.05, 3.63) is 23.8 Å². The number of benzene rings is 1. The van der Waals surface area contributed by atoms with Gasteiger partial charge in [-0.1, -0.05) is 0 Å². The minimum atomic E-state index is -0.846. The first-order valence-corrected chi connectivity index (χ1v) is 3.72. The number of rotatable bonds is 3. The number of anilines is 2. The van der Waals surface area contributed by atoms with Crippen molar-refractivity contribution in [3.8, 4) is 0 Å². The van der Waals surface area contributed by atoms with E-state index >= 15 is 0 Å². The fourth-order valence-corrected chi connectivity index (χ4v) is 0.968. The Morgan fingerprint density at radius 2 is 1.40 bits per heavy atom. The number of nitrogens with zero attached hydrogens (tertiary/aromatic N) is 2. The largest absolute Gasteiger partial charge is 0.366 e. The van der Waals surface area contributed by atoms with E-state index in [1.807, 2.05) is 0 Å². The summed E-state index contributed by atoms with van der Waals surface area (Å²) < 4.78 is 0. The standard InChI is InChI=1S/C7H9N3O5/c8-7(11)4-1-5(9(12)13)3-6(2-4)10(14)15/h1-3,12-15H,(H2,8,11). The summed E-state index contributed by atoms with van der Waals surface area (Å²) in [5.74, 6) is -0.846. The van der Waals surface area contributed by atoms with E-state index in [1.54, 1.807) is 0 Å². The highest BCUT2D eigenvalue weighted by Gasteiger charge is 2.11. The van der Waals surface area contributed by atoms with Crippen LogP contribution in [0.3, 0.4) is 0 Å². The second kappa shape index (κ2) is 4.11. The molecule has 6 N–H and O–H groups in total. The molecule has 0 unspecified atom stereocenters. The van der Waals surface area contributed by atoms with Crippen molar-refractivity contribution in [3.63, 3.8) is 0 Å². The van der Waals surface area contributed by atoms with Gasteiger partial charge in [0.2, 0.25) is 5.91 Å². The Labute approximate surface area is 83.8 Å². The molecule has 1 aromatic rings. The summed E-state index contributed by atoms with van der Waals surface area (Å²) in [5, 5.41) is 34.2. The summed E-state index contributed by atoms with van der Waals surface area (Å²) in [6, 6.07) is 3.14. The molecule has 15 heavy (non-hydrogen) atoms. The Hall–Kier alpha value is -1.87. The molecule has 1 rings (SSSR count). The molecule has 82 valence electrons. The van der Waals surface area contributed by atoms with Crippen LogP contribution in [0, 0.1) is 0 Å². The van der Waals surface area contributed by atoms with E-state index in [2.05, 4.69) is 0 Å². The van der Waals surface area contributed by atoms with Crippen molar-refractivity contribution in [2.75, 3.05) is 10.5 Å². The van der Waals surface area contributed by atoms with Crippen LogP contribution in [0.2, 0.25) is 0 Å². The smallest absolute Gasteiger partial charge is 0.248 e. The van der Waals surface area contributed by atoms with Crippen LogP contribution in [0.1, 0.15) is 10.4 Å². The Morgan fingerprint density at radius 1 is 1.00 bits per heavy atom. The molecule has 0 aromatic heterocycles. The van der Waals surface area contributed by atoms with Crippen molar-refractivity contribution in [2.24, 2.45) is 5.73 Å². The van der Waals surface area contributed by atoms with Crippen molar-refractivity contribution < 1.29 is 25.6 Å². The van der Waals surface area contributed by atoms with Gasteiger partial charge in [-0.25, -0.2) is 0 Å². The van der Waals surface area contributed by atoms with Crippen LogP contribution < -0.4 is 16.2 Å². The first-order chi connectivity index (χ1) is 6.91. The summed E-state index contributed by atoms with van der Waals surface area (Å²) in [5.41, 5.74) is 4.36. The van der Waals surface area contributed by atoms with Gasteiger partial charge in [0, 0.05) is 5.56 Å². The number of hydrogen-bond acceptors (Lipinski definition) is 7. The molecule has 8 heteroatoms. The van der Waals surface area contributed by atoms with Gasteiger partial charge in [0.25, 0.3) is 0 Å². The number of nitrogens with two attached hydrogens (primary N) is 1. The van der Waals surface area contributed by atoms with Crippen molar-refractivity contribution in [2.45, 2.75) is 0 Å². The van der Waals surface area contributed by atoms with Crippen molar-refractivity contribution >= 4 is 17.3 Å². The minimum absolute atomic E-state index is 0.108. The van der Waals surface area contributed by atoms with E-state index < -0.39 is 5.91 Å². The number of carbonyl (C=O) groups is 1. The van der Waals surface area contributed by atoms with Gasteiger partial charge >= 0.3 is 0 Å². The summed E-state index contributed by atoms with van der Waals surface area (Å²) in [6.45, 7) is 0. The zero-order valence-corrected chi connectivity index (χ0v) is 7.40. The molecule has 0 fully saturated rings. The van der Waals surface area contributed by atoms with Gasteiger partial charge < -0.3 is 5.73 Å². The zero-order chi connectivity index (χ0) is 11.6. The first kappa shape index (κ1) is 11.2. The average molecular weight is 215 g/mol. The van der Waals surface area contributed by atoms with Gasteiger partial charge in [-0.2, -0.15) is 0 Å². The lowest BCUT2D eigenvalue weighted by Gasteiger charge is -2.13. The van der Waals surface area contributed by atoms with Crippen LogP contribution >= 0.6 is 0 Å². The van der Waals surface area contributed by atoms with E-state index in [-0.39, 0.29) is 27.4 Å². The van der Waals surface area contributed by atoms with Crippen molar-refractivity contribution in [1.29, 1.82) is 0 Å². The third kappa shape index (κ3) is 2.54. The third-order valence-electron chi connectivity index (χ3n) is 1.65. The molecule has 0 heterocycles. The van der Waals surface area contributed by atoms with Gasteiger partial charge in [0.1, 0.15) is 0 Å². The maximum Gasteiger partial charge on any atom is 0.248 e. The molecular formula is C7H9N3O5. The van der Waals surface area contributed by atoms with Gasteiger partial charge in [-0.15, -0.1) is 10.5 Å². The maximum absolute atomic E-state index is 10.8. The molecule has 8 nitrogen and oxygen atoms in total. The highest BCUT2D eigenvalue weighted by atomic mass is 16.8. The second-order valence-corrected chi connectivity index (χ2v) is 2.68. The Morgan fingerprint density at radius 3 is 1.67 bits per heavy atom. The maximum atomic E-state index is 10.8. The molecule has 0 aliphatic heterocycles.